The molecule has 1 amide bonds. The van der Waals surface area contributed by atoms with Crippen LogP contribution in [0.4, 0.5) is 0 Å². The number of nitrogens with zero attached hydrogens (tertiary/aromatic N) is 1. The second kappa shape index (κ2) is 6.45. The van der Waals surface area contributed by atoms with E-state index in [0.29, 0.717) is 16.0 Å². The van der Waals surface area contributed by atoms with Gasteiger partial charge in [-0.05, 0) is 0 Å². The summed E-state index contributed by atoms with van der Waals surface area (Å²) in [6, 6.07) is 4.85. The van der Waals surface area contributed by atoms with Crippen LogP contribution in [0.5, 0.6) is 0 Å². The van der Waals surface area contributed by atoms with Gasteiger partial charge in [-0.25, -0.2) is 0 Å². The topological polar surface area (TPSA) is 80.3 Å². The molecule has 0 radical (unpaired) electrons. The molecule has 0 aliphatic heterocycles. The van der Waals surface area contributed by atoms with Crippen LogP contribution in [-0.2, 0) is 0 Å². The van der Waals surface area contributed by atoms with Gasteiger partial charge >= 0.3 is 83.4 Å². The van der Waals surface area contributed by atoms with Crippen molar-refractivity contribution >= 4 is 30.8 Å². The Bertz CT molecular complexity index is 344. The van der Waals surface area contributed by atoms with Crippen LogP contribution < -0.4 is 5.46 Å². The molecule has 0 unspecified atom stereocenters. The van der Waals surface area contributed by atoms with Gasteiger partial charge in [-0.2, -0.15) is 0 Å². The molecular weight excluding hydrogens is 216 g/mol. The molecule has 0 aliphatic rings. The standard InChI is InChI=1S/C9H9BClNO.2H2O/c1-12(2)9(13)7-5-6(10)3-4-8(7)11;;/h3-5H,1-2H3;2*1H2/q+2;;/p-2. The van der Waals surface area contributed by atoms with Crippen LogP contribution in [0, 0.1) is 0 Å². The van der Waals surface area contributed by atoms with E-state index in [2.05, 4.69) is 0 Å². The van der Waals surface area contributed by atoms with Crippen molar-refractivity contribution < 1.29 is 15.7 Å². The first-order chi connectivity index (χ1) is 6.02. The van der Waals surface area contributed by atoms with E-state index in [1.54, 1.807) is 32.3 Å². The Morgan fingerprint density at radius 2 is 1.87 bits per heavy atom. The van der Waals surface area contributed by atoms with E-state index in [1.807, 2.05) is 0 Å². The first-order valence-corrected chi connectivity index (χ1v) is 4.17. The zero-order valence-corrected chi connectivity index (χ0v) is 9.19. The summed E-state index contributed by atoms with van der Waals surface area (Å²) >= 11 is 5.83. The summed E-state index contributed by atoms with van der Waals surface area (Å²) < 4.78 is 0. The molecule has 6 heteroatoms. The average Bonchev–Trinajstić information content (AvgIpc) is 2.08. The number of benzene rings is 1. The van der Waals surface area contributed by atoms with E-state index in [-0.39, 0.29) is 16.9 Å². The summed E-state index contributed by atoms with van der Waals surface area (Å²) in [6.45, 7) is 0. The fourth-order valence-electron chi connectivity index (χ4n) is 0.948. The quantitative estimate of drug-likeness (QED) is 0.655. The minimum absolute atomic E-state index is 0. The van der Waals surface area contributed by atoms with Crippen molar-refractivity contribution in [3.8, 4) is 0 Å². The van der Waals surface area contributed by atoms with Crippen LogP contribution in [0.3, 0.4) is 0 Å². The maximum absolute atomic E-state index is 11.5. The third kappa shape index (κ3) is 3.91. The van der Waals surface area contributed by atoms with E-state index in [9.17, 15) is 4.79 Å². The summed E-state index contributed by atoms with van der Waals surface area (Å²) in [7, 11) is 8.87. The van der Waals surface area contributed by atoms with Gasteiger partial charge in [0.1, 0.15) is 0 Å². The minimum Gasteiger partial charge on any atom is -0.870 e. The Hall–Kier alpha value is -1.04. The molecular formula is C9H11BClNO3. The zero-order chi connectivity index (χ0) is 10.0. The molecule has 0 aromatic heterocycles. The maximum atomic E-state index is 11.5. The molecule has 0 fully saturated rings. The first-order valence-electron chi connectivity index (χ1n) is 3.79. The van der Waals surface area contributed by atoms with Crippen molar-refractivity contribution in [1.29, 1.82) is 0 Å². The van der Waals surface area contributed by atoms with E-state index in [1.165, 1.54) is 4.90 Å². The van der Waals surface area contributed by atoms with Crippen molar-refractivity contribution in [2.45, 2.75) is 0 Å². The Labute approximate surface area is 94.9 Å². The molecule has 1 rings (SSSR count). The van der Waals surface area contributed by atoms with Crippen LogP contribution >= 0.6 is 11.6 Å². The predicted molar refractivity (Wildman–Crippen MR) is 58.7 cm³/mol. The van der Waals surface area contributed by atoms with Gasteiger partial charge in [-0.15, -0.1) is 0 Å². The number of carbonyl (C=O) groups excluding carboxylic acids is 1. The number of rotatable bonds is 1. The summed E-state index contributed by atoms with van der Waals surface area (Å²) in [5, 5.41) is 0.424. The second-order valence-electron chi connectivity index (χ2n) is 2.94. The molecule has 15 heavy (non-hydrogen) atoms. The molecule has 4 nitrogen and oxygen atoms in total. The normalized spacial score (nSPS) is 8.60. The van der Waals surface area contributed by atoms with Crippen LogP contribution in [0.2, 0.25) is 5.02 Å². The van der Waals surface area contributed by atoms with Crippen molar-refractivity contribution in [3.05, 3.63) is 28.8 Å². The van der Waals surface area contributed by atoms with E-state index >= 15 is 0 Å². The van der Waals surface area contributed by atoms with Gasteiger partial charge in [0.25, 0.3) is 0 Å². The molecule has 0 saturated carbocycles. The van der Waals surface area contributed by atoms with E-state index < -0.39 is 0 Å². The molecule has 0 bridgehead atoms. The second-order valence-corrected chi connectivity index (χ2v) is 3.35. The van der Waals surface area contributed by atoms with Gasteiger partial charge in [0.05, 0.1) is 0 Å². The van der Waals surface area contributed by atoms with Gasteiger partial charge in [0.2, 0.25) is 0 Å². The van der Waals surface area contributed by atoms with Crippen molar-refractivity contribution in [1.82, 2.24) is 4.90 Å². The van der Waals surface area contributed by atoms with Gasteiger partial charge in [0.15, 0.2) is 0 Å². The molecule has 0 atom stereocenters. The Balaban J connectivity index is 0. The van der Waals surface area contributed by atoms with Crippen molar-refractivity contribution in [2.24, 2.45) is 0 Å². The number of amides is 1. The third-order valence-corrected chi connectivity index (χ3v) is 1.96. The van der Waals surface area contributed by atoms with E-state index in [4.69, 9.17) is 19.4 Å². The summed E-state index contributed by atoms with van der Waals surface area (Å²) in [4.78, 5) is 13.0. The van der Waals surface area contributed by atoms with E-state index in [0.717, 1.165) is 0 Å². The third-order valence-electron chi connectivity index (χ3n) is 1.63. The molecule has 1 aromatic rings. The Morgan fingerprint density at radius 1 is 1.33 bits per heavy atom. The Kier molecular flexibility index (Phi) is 7.05. The molecule has 0 saturated heterocycles. The number of halogens is 1. The zero-order valence-electron chi connectivity index (χ0n) is 8.44. The Morgan fingerprint density at radius 3 is 2.33 bits per heavy atom. The first kappa shape index (κ1) is 16.4. The minimum atomic E-state index is -0.141. The molecule has 0 spiro atoms. The molecule has 0 heterocycles. The van der Waals surface area contributed by atoms with Crippen LogP contribution in [0.1, 0.15) is 10.4 Å². The summed E-state index contributed by atoms with van der Waals surface area (Å²) in [6.07, 6.45) is 0. The molecule has 2 N–H and O–H groups in total. The SMILES string of the molecule is [B+2]c1ccc(Cl)c(C(=O)N(C)C)c1.[OH-].[OH-]. The molecule has 1 aromatic carbocycles. The average molecular weight is 227 g/mol. The predicted octanol–water partition coefficient (Wildman–Crippen LogP) is 0.482. The maximum Gasteiger partial charge on any atom is -0.870 e. The summed E-state index contributed by atoms with van der Waals surface area (Å²) in [5.41, 5.74) is 0.973. The van der Waals surface area contributed by atoms with Gasteiger partial charge < -0.3 is 11.0 Å². The fourth-order valence-corrected chi connectivity index (χ4v) is 1.15. The van der Waals surface area contributed by atoms with Gasteiger partial charge in [-0.1, -0.05) is 0 Å². The number of hydrogen-bond donors (Lipinski definition) is 0. The smallest absolute Gasteiger partial charge is 0.870 e. The summed E-state index contributed by atoms with van der Waals surface area (Å²) in [5.74, 6) is -0.141. The monoisotopic (exact) mass is 227 g/mol. The van der Waals surface area contributed by atoms with Crippen molar-refractivity contribution in [3.63, 3.8) is 0 Å². The number of carbonyl (C=O) groups is 1. The van der Waals surface area contributed by atoms with Crippen LogP contribution in [0.25, 0.3) is 0 Å². The van der Waals surface area contributed by atoms with Gasteiger partial charge in [-0.3, -0.25) is 0 Å². The molecule has 0 aliphatic carbocycles. The van der Waals surface area contributed by atoms with Crippen molar-refractivity contribution in [2.75, 3.05) is 14.1 Å². The number of hydrogen-bond acceptors (Lipinski definition) is 3. The largest absolute Gasteiger partial charge is 0.870 e. The van der Waals surface area contributed by atoms with Crippen LogP contribution in [-0.4, -0.2) is 43.7 Å². The van der Waals surface area contributed by atoms with Gasteiger partial charge in [0, 0.05) is 0 Å². The fraction of sp³-hybridized carbons (Fsp3) is 0.222. The molecule has 80 valence electrons. The van der Waals surface area contributed by atoms with Crippen LogP contribution in [0.15, 0.2) is 18.2 Å².